The second-order valence-corrected chi connectivity index (χ2v) is 8.16. The van der Waals surface area contributed by atoms with E-state index in [1.54, 1.807) is 23.7 Å². The zero-order valence-electron chi connectivity index (χ0n) is 16.2. The fraction of sp³-hybridized carbons (Fsp3) is 0.556. The van der Waals surface area contributed by atoms with Crippen LogP contribution in [-0.4, -0.2) is 59.8 Å². The minimum Gasteiger partial charge on any atom is -0.343 e. The van der Waals surface area contributed by atoms with Gasteiger partial charge in [0, 0.05) is 31.3 Å². The first-order valence-electron chi connectivity index (χ1n) is 8.60. The molecule has 0 aliphatic heterocycles. The van der Waals surface area contributed by atoms with Crippen LogP contribution in [0.4, 0.5) is 5.69 Å². The second kappa shape index (κ2) is 10.3. The Morgan fingerprint density at radius 1 is 1.41 bits per heavy atom. The lowest BCUT2D eigenvalue weighted by molar-refractivity contribution is -0.384. The summed E-state index contributed by atoms with van der Waals surface area (Å²) in [7, 11) is 1.69. The fourth-order valence-electron chi connectivity index (χ4n) is 2.55. The van der Waals surface area contributed by atoms with E-state index in [2.05, 4.69) is 5.32 Å². The Morgan fingerprint density at radius 3 is 2.63 bits per heavy atom. The van der Waals surface area contributed by atoms with E-state index < -0.39 is 16.9 Å². The Labute approximate surface area is 164 Å². The molecule has 1 rings (SSSR count). The maximum absolute atomic E-state index is 12.8. The number of benzene rings is 1. The Hall–Kier alpha value is -2.13. The number of hydrogen-bond acceptors (Lipinski definition) is 6. The third-order valence-electron chi connectivity index (χ3n) is 4.13. The number of rotatable bonds is 10. The monoisotopic (exact) mass is 396 g/mol. The van der Waals surface area contributed by atoms with Crippen molar-refractivity contribution in [3.05, 3.63) is 39.9 Å². The van der Waals surface area contributed by atoms with E-state index in [1.807, 2.05) is 20.1 Å². The topological polar surface area (TPSA) is 119 Å². The highest BCUT2D eigenvalue weighted by molar-refractivity contribution is 7.98. The molecule has 0 spiro atoms. The normalized spacial score (nSPS) is 12.3. The minimum atomic E-state index is -0.706. The van der Waals surface area contributed by atoms with Crippen LogP contribution in [0.25, 0.3) is 0 Å². The van der Waals surface area contributed by atoms with Gasteiger partial charge in [-0.25, -0.2) is 0 Å². The quantitative estimate of drug-likeness (QED) is 0.460. The van der Waals surface area contributed by atoms with E-state index in [0.717, 1.165) is 0 Å². The standard InChI is InChI=1S/C18H28N4O4S/c1-18(2,11-19)12-21(3)17(24)15(8-9-27-4)20-16(23)13-6-5-7-14(10-13)22(25)26/h5-7,10,15H,8-9,11-12,19H2,1-4H3,(H,20,23). The van der Waals surface area contributed by atoms with Gasteiger partial charge in [0.25, 0.3) is 11.6 Å². The van der Waals surface area contributed by atoms with Crippen molar-refractivity contribution >= 4 is 29.3 Å². The van der Waals surface area contributed by atoms with Crippen LogP contribution >= 0.6 is 11.8 Å². The zero-order chi connectivity index (χ0) is 20.6. The maximum atomic E-state index is 12.8. The van der Waals surface area contributed by atoms with Gasteiger partial charge in [0.2, 0.25) is 5.91 Å². The predicted octanol–water partition coefficient (Wildman–Crippen LogP) is 1.89. The molecule has 0 aromatic heterocycles. The zero-order valence-corrected chi connectivity index (χ0v) is 17.0. The van der Waals surface area contributed by atoms with Crippen molar-refractivity contribution in [2.75, 3.05) is 32.1 Å². The number of non-ortho nitro benzene ring substituents is 1. The highest BCUT2D eigenvalue weighted by Gasteiger charge is 2.28. The Morgan fingerprint density at radius 2 is 2.07 bits per heavy atom. The van der Waals surface area contributed by atoms with Crippen molar-refractivity contribution in [3.8, 4) is 0 Å². The fourth-order valence-corrected chi connectivity index (χ4v) is 3.02. The van der Waals surface area contributed by atoms with Crippen LogP contribution < -0.4 is 11.1 Å². The largest absolute Gasteiger partial charge is 0.343 e. The molecule has 0 aliphatic carbocycles. The van der Waals surface area contributed by atoms with Gasteiger partial charge in [-0.1, -0.05) is 19.9 Å². The molecule has 1 aromatic rings. The Kier molecular flexibility index (Phi) is 8.71. The molecule has 1 atom stereocenters. The number of nitro groups is 1. The minimum absolute atomic E-state index is 0.149. The molecule has 0 bridgehead atoms. The lowest BCUT2D eigenvalue weighted by atomic mass is 9.93. The average Bonchev–Trinajstić information content (AvgIpc) is 2.64. The van der Waals surface area contributed by atoms with Crippen LogP contribution in [0.1, 0.15) is 30.6 Å². The molecule has 2 amide bonds. The van der Waals surface area contributed by atoms with Gasteiger partial charge < -0.3 is 16.0 Å². The Bertz CT molecular complexity index is 681. The molecular formula is C18H28N4O4S. The summed E-state index contributed by atoms with van der Waals surface area (Å²) in [6, 6.07) is 4.74. The molecule has 1 unspecified atom stereocenters. The van der Waals surface area contributed by atoms with Crippen molar-refractivity contribution < 1.29 is 14.5 Å². The summed E-state index contributed by atoms with van der Waals surface area (Å²) >= 11 is 1.57. The predicted molar refractivity (Wildman–Crippen MR) is 108 cm³/mol. The molecule has 0 radical (unpaired) electrons. The summed E-state index contributed by atoms with van der Waals surface area (Å²) in [5.74, 6) is -0.0197. The highest BCUT2D eigenvalue weighted by atomic mass is 32.2. The van der Waals surface area contributed by atoms with Crippen LogP contribution in [0.5, 0.6) is 0 Å². The number of nitrogens with zero attached hydrogens (tertiary/aromatic N) is 2. The number of thioether (sulfide) groups is 1. The third kappa shape index (κ3) is 7.18. The first kappa shape index (κ1) is 22.9. The number of hydrogen-bond donors (Lipinski definition) is 2. The molecule has 8 nitrogen and oxygen atoms in total. The number of nitrogens with two attached hydrogens (primary N) is 1. The molecule has 3 N–H and O–H groups in total. The van der Waals surface area contributed by atoms with Crippen LogP contribution in [0, 0.1) is 15.5 Å². The molecule has 0 fully saturated rings. The number of nitrogens with one attached hydrogen (secondary N) is 1. The van der Waals surface area contributed by atoms with Gasteiger partial charge in [-0.3, -0.25) is 19.7 Å². The summed E-state index contributed by atoms with van der Waals surface area (Å²) in [6.07, 6.45) is 2.39. The summed E-state index contributed by atoms with van der Waals surface area (Å²) in [4.78, 5) is 37.3. The van der Waals surface area contributed by atoms with Crippen molar-refractivity contribution in [1.29, 1.82) is 0 Å². The maximum Gasteiger partial charge on any atom is 0.270 e. The van der Waals surface area contributed by atoms with Crippen molar-refractivity contribution in [1.82, 2.24) is 10.2 Å². The molecule has 150 valence electrons. The Balaban J connectivity index is 2.93. The third-order valence-corrected chi connectivity index (χ3v) is 4.77. The van der Waals surface area contributed by atoms with E-state index >= 15 is 0 Å². The van der Waals surface area contributed by atoms with Crippen molar-refractivity contribution in [2.24, 2.45) is 11.1 Å². The van der Waals surface area contributed by atoms with Gasteiger partial charge in [0.15, 0.2) is 0 Å². The van der Waals surface area contributed by atoms with E-state index in [1.165, 1.54) is 24.3 Å². The smallest absolute Gasteiger partial charge is 0.270 e. The lowest BCUT2D eigenvalue weighted by Crippen LogP contribution is -2.50. The van der Waals surface area contributed by atoms with Crippen LogP contribution in [0.3, 0.4) is 0 Å². The molecule has 1 aromatic carbocycles. The van der Waals surface area contributed by atoms with E-state index in [0.29, 0.717) is 25.3 Å². The summed E-state index contributed by atoms with van der Waals surface area (Å²) in [6.45, 7) is 4.83. The van der Waals surface area contributed by atoms with E-state index in [9.17, 15) is 19.7 Å². The average molecular weight is 397 g/mol. The molecule has 0 saturated carbocycles. The molecule has 0 aliphatic rings. The van der Waals surface area contributed by atoms with E-state index in [4.69, 9.17) is 5.73 Å². The van der Waals surface area contributed by atoms with Crippen LogP contribution in [-0.2, 0) is 4.79 Å². The number of carbonyl (C=O) groups is 2. The van der Waals surface area contributed by atoms with Gasteiger partial charge in [-0.05, 0) is 36.5 Å². The first-order valence-corrected chi connectivity index (χ1v) is 10.00. The van der Waals surface area contributed by atoms with Crippen molar-refractivity contribution in [3.63, 3.8) is 0 Å². The molecule has 0 saturated heterocycles. The molecule has 0 heterocycles. The van der Waals surface area contributed by atoms with Gasteiger partial charge >= 0.3 is 0 Å². The van der Waals surface area contributed by atoms with E-state index in [-0.39, 0.29) is 22.6 Å². The number of amides is 2. The number of likely N-dealkylation sites (N-methyl/N-ethyl adjacent to an activating group) is 1. The highest BCUT2D eigenvalue weighted by Crippen LogP contribution is 2.16. The van der Waals surface area contributed by atoms with Gasteiger partial charge in [0.1, 0.15) is 6.04 Å². The number of carbonyl (C=O) groups excluding carboxylic acids is 2. The second-order valence-electron chi connectivity index (χ2n) is 7.18. The van der Waals surface area contributed by atoms with Crippen LogP contribution in [0.15, 0.2) is 24.3 Å². The SMILES string of the molecule is CSCCC(NC(=O)c1cccc([N+](=O)[O-])c1)C(=O)N(C)CC(C)(C)CN. The molecule has 27 heavy (non-hydrogen) atoms. The van der Waals surface area contributed by atoms with Crippen molar-refractivity contribution in [2.45, 2.75) is 26.3 Å². The van der Waals surface area contributed by atoms with Gasteiger partial charge in [-0.15, -0.1) is 0 Å². The van der Waals surface area contributed by atoms with Gasteiger partial charge in [0.05, 0.1) is 4.92 Å². The summed E-state index contributed by atoms with van der Waals surface area (Å²) in [5.41, 5.74) is 5.48. The first-order chi connectivity index (χ1) is 12.6. The summed E-state index contributed by atoms with van der Waals surface area (Å²) in [5, 5.41) is 13.6. The summed E-state index contributed by atoms with van der Waals surface area (Å²) < 4.78 is 0. The number of nitro benzene ring substituents is 1. The van der Waals surface area contributed by atoms with Gasteiger partial charge in [-0.2, -0.15) is 11.8 Å². The molecular weight excluding hydrogens is 368 g/mol. The molecule has 9 heteroatoms. The lowest BCUT2D eigenvalue weighted by Gasteiger charge is -2.31. The van der Waals surface area contributed by atoms with Crippen LogP contribution in [0.2, 0.25) is 0 Å².